The molecule has 3 N–H and O–H groups in total. The smallest absolute Gasteiger partial charge is 0.336 e. The highest BCUT2D eigenvalue weighted by molar-refractivity contribution is 6.01. The molecular formula is C9H7NO5. The van der Waals surface area contributed by atoms with Gasteiger partial charge in [-0.15, -0.1) is 0 Å². The van der Waals surface area contributed by atoms with Crippen LogP contribution in [0.25, 0.3) is 0 Å². The molecule has 0 spiro atoms. The summed E-state index contributed by atoms with van der Waals surface area (Å²) in [4.78, 5) is 21.3. The molecule has 1 aromatic carbocycles. The third-order valence-electron chi connectivity index (χ3n) is 1.73. The van der Waals surface area contributed by atoms with Gasteiger partial charge >= 0.3 is 11.9 Å². The van der Waals surface area contributed by atoms with Crippen LogP contribution in [0.2, 0.25) is 0 Å². The summed E-state index contributed by atoms with van der Waals surface area (Å²) >= 11 is 0. The van der Waals surface area contributed by atoms with Gasteiger partial charge in [0.15, 0.2) is 0 Å². The molecule has 0 radical (unpaired) electrons. The molecule has 6 nitrogen and oxygen atoms in total. The zero-order valence-electron chi connectivity index (χ0n) is 7.41. The van der Waals surface area contributed by atoms with Gasteiger partial charge in [0.25, 0.3) is 0 Å². The molecule has 0 saturated heterocycles. The Bertz CT molecular complexity index is 438. The van der Waals surface area contributed by atoms with E-state index in [2.05, 4.69) is 5.16 Å². The highest BCUT2D eigenvalue weighted by atomic mass is 16.4. The third-order valence-corrected chi connectivity index (χ3v) is 1.73. The molecule has 15 heavy (non-hydrogen) atoms. The van der Waals surface area contributed by atoms with Crippen molar-refractivity contribution >= 4 is 18.2 Å². The van der Waals surface area contributed by atoms with Crippen molar-refractivity contribution in [3.63, 3.8) is 0 Å². The van der Waals surface area contributed by atoms with Crippen molar-refractivity contribution in [3.8, 4) is 0 Å². The van der Waals surface area contributed by atoms with Crippen molar-refractivity contribution in [2.45, 2.75) is 0 Å². The highest BCUT2D eigenvalue weighted by Crippen LogP contribution is 2.10. The van der Waals surface area contributed by atoms with Gasteiger partial charge in [0.05, 0.1) is 17.3 Å². The van der Waals surface area contributed by atoms with E-state index in [1.807, 2.05) is 0 Å². The molecule has 0 aromatic heterocycles. The summed E-state index contributed by atoms with van der Waals surface area (Å²) in [6.07, 6.45) is 0.926. The Balaban J connectivity index is 3.33. The molecule has 1 aromatic rings. The van der Waals surface area contributed by atoms with Gasteiger partial charge in [-0.2, -0.15) is 0 Å². The zero-order chi connectivity index (χ0) is 11.4. The minimum absolute atomic E-state index is 0.134. The largest absolute Gasteiger partial charge is 0.478 e. The molecule has 78 valence electrons. The van der Waals surface area contributed by atoms with E-state index in [0.29, 0.717) is 0 Å². The van der Waals surface area contributed by atoms with Crippen molar-refractivity contribution in [1.29, 1.82) is 0 Å². The van der Waals surface area contributed by atoms with E-state index in [1.54, 1.807) is 0 Å². The number of hydrogen-bond donors (Lipinski definition) is 3. The molecule has 0 aliphatic carbocycles. The monoisotopic (exact) mass is 209 g/mol. The topological polar surface area (TPSA) is 107 Å². The first-order valence-electron chi connectivity index (χ1n) is 3.84. The van der Waals surface area contributed by atoms with Crippen molar-refractivity contribution < 1.29 is 25.0 Å². The molecule has 6 heteroatoms. The summed E-state index contributed by atoms with van der Waals surface area (Å²) in [5, 5.41) is 28.4. The maximum Gasteiger partial charge on any atom is 0.336 e. The Labute approximate surface area is 84.1 Å². The fourth-order valence-corrected chi connectivity index (χ4v) is 1.05. The number of benzene rings is 1. The first kappa shape index (κ1) is 10.7. The standard InChI is InChI=1S/C9H7NO5/c11-8(12)5-1-2-6(4-10-15)7(3-5)9(13)14/h1-4,15H,(H,11,12)(H,13,14). The van der Waals surface area contributed by atoms with Crippen LogP contribution in [0.1, 0.15) is 26.3 Å². The van der Waals surface area contributed by atoms with Gasteiger partial charge in [0.2, 0.25) is 0 Å². The first-order chi connectivity index (χ1) is 7.06. The van der Waals surface area contributed by atoms with E-state index in [1.165, 1.54) is 12.1 Å². The molecule has 0 aliphatic rings. The van der Waals surface area contributed by atoms with Gasteiger partial charge < -0.3 is 15.4 Å². The number of oxime groups is 1. The lowest BCUT2D eigenvalue weighted by Gasteiger charge is -2.01. The lowest BCUT2D eigenvalue weighted by molar-refractivity contribution is 0.0695. The second-order valence-electron chi connectivity index (χ2n) is 2.66. The van der Waals surface area contributed by atoms with Crippen molar-refractivity contribution in [2.75, 3.05) is 0 Å². The summed E-state index contributed by atoms with van der Waals surface area (Å²) < 4.78 is 0. The number of aromatic carboxylic acids is 2. The Hall–Kier alpha value is -2.37. The zero-order valence-corrected chi connectivity index (χ0v) is 7.41. The van der Waals surface area contributed by atoms with Gasteiger partial charge in [0, 0.05) is 5.56 Å². The van der Waals surface area contributed by atoms with Crippen molar-refractivity contribution in [3.05, 3.63) is 34.9 Å². The molecule has 0 unspecified atom stereocenters. The van der Waals surface area contributed by atoms with Crippen LogP contribution in [-0.2, 0) is 0 Å². The van der Waals surface area contributed by atoms with E-state index in [0.717, 1.165) is 12.3 Å². The second-order valence-corrected chi connectivity index (χ2v) is 2.66. The molecule has 0 atom stereocenters. The number of carboxylic acid groups (broad SMARTS) is 2. The van der Waals surface area contributed by atoms with Crippen LogP contribution in [0.5, 0.6) is 0 Å². The Morgan fingerprint density at radius 2 is 1.87 bits per heavy atom. The summed E-state index contributed by atoms with van der Waals surface area (Å²) in [5.41, 5.74) is -0.231. The van der Waals surface area contributed by atoms with Gasteiger partial charge in [-0.25, -0.2) is 9.59 Å². The van der Waals surface area contributed by atoms with E-state index < -0.39 is 11.9 Å². The molecule has 0 fully saturated rings. The van der Waals surface area contributed by atoms with Crippen molar-refractivity contribution in [1.82, 2.24) is 0 Å². The normalized spacial score (nSPS) is 10.4. The number of carboxylic acids is 2. The van der Waals surface area contributed by atoms with Crippen LogP contribution in [-0.4, -0.2) is 33.6 Å². The summed E-state index contributed by atoms with van der Waals surface area (Å²) in [6, 6.07) is 3.49. The maximum atomic E-state index is 10.7. The number of hydrogen-bond acceptors (Lipinski definition) is 4. The maximum absolute atomic E-state index is 10.7. The Kier molecular flexibility index (Phi) is 3.02. The van der Waals surface area contributed by atoms with Crippen molar-refractivity contribution in [2.24, 2.45) is 5.16 Å². The fraction of sp³-hybridized carbons (Fsp3) is 0. The molecule has 0 amide bonds. The van der Waals surface area contributed by atoms with E-state index in [4.69, 9.17) is 15.4 Å². The predicted molar refractivity (Wildman–Crippen MR) is 49.7 cm³/mol. The second kappa shape index (κ2) is 4.23. The van der Waals surface area contributed by atoms with Gasteiger partial charge in [-0.1, -0.05) is 11.2 Å². The van der Waals surface area contributed by atoms with Crippen LogP contribution in [0, 0.1) is 0 Å². The minimum atomic E-state index is -1.28. The molecular weight excluding hydrogens is 202 g/mol. The predicted octanol–water partition coefficient (Wildman–Crippen LogP) is 0.891. The molecule has 0 bridgehead atoms. The SMILES string of the molecule is O=C(O)c1ccc(C=NO)c(C(=O)O)c1. The molecule has 0 saturated carbocycles. The number of carbonyl (C=O) groups is 2. The fourth-order valence-electron chi connectivity index (χ4n) is 1.05. The quantitative estimate of drug-likeness (QED) is 0.389. The average Bonchev–Trinajstić information content (AvgIpc) is 2.18. The van der Waals surface area contributed by atoms with Gasteiger partial charge in [-0.3, -0.25) is 0 Å². The summed E-state index contributed by atoms with van der Waals surface area (Å²) in [6.45, 7) is 0. The lowest BCUT2D eigenvalue weighted by atomic mass is 10.0. The van der Waals surface area contributed by atoms with Crippen LogP contribution < -0.4 is 0 Å². The van der Waals surface area contributed by atoms with Crippen LogP contribution in [0.15, 0.2) is 23.4 Å². The lowest BCUT2D eigenvalue weighted by Crippen LogP contribution is -2.05. The molecule has 1 rings (SSSR count). The van der Waals surface area contributed by atoms with E-state index in [-0.39, 0.29) is 16.7 Å². The molecule has 0 aliphatic heterocycles. The minimum Gasteiger partial charge on any atom is -0.478 e. The van der Waals surface area contributed by atoms with E-state index in [9.17, 15) is 9.59 Å². The first-order valence-corrected chi connectivity index (χ1v) is 3.84. The summed E-state index contributed by atoms with van der Waals surface area (Å²) in [7, 11) is 0. The van der Waals surface area contributed by atoms with E-state index >= 15 is 0 Å². The van der Waals surface area contributed by atoms with Crippen LogP contribution >= 0.6 is 0 Å². The Morgan fingerprint density at radius 3 is 2.33 bits per heavy atom. The summed E-state index contributed by atoms with van der Waals surface area (Å²) in [5.74, 6) is -2.50. The molecule has 0 heterocycles. The van der Waals surface area contributed by atoms with Crippen LogP contribution in [0.3, 0.4) is 0 Å². The van der Waals surface area contributed by atoms with Gasteiger partial charge in [-0.05, 0) is 12.1 Å². The van der Waals surface area contributed by atoms with Gasteiger partial charge in [0.1, 0.15) is 0 Å². The average molecular weight is 209 g/mol. The van der Waals surface area contributed by atoms with Crippen LogP contribution in [0.4, 0.5) is 0 Å². The highest BCUT2D eigenvalue weighted by Gasteiger charge is 2.12. The third kappa shape index (κ3) is 2.31. The Morgan fingerprint density at radius 1 is 1.20 bits per heavy atom. The number of nitrogens with zero attached hydrogens (tertiary/aromatic N) is 1. The number of rotatable bonds is 3.